The van der Waals surface area contributed by atoms with E-state index in [9.17, 15) is 4.79 Å². The second kappa shape index (κ2) is 5.96. The Kier molecular flexibility index (Phi) is 4.29. The van der Waals surface area contributed by atoms with Crippen molar-refractivity contribution >= 4 is 16.9 Å². The molecule has 2 N–H and O–H groups in total. The molecule has 0 radical (unpaired) electrons. The lowest BCUT2D eigenvalue weighted by atomic mass is 10.1. The maximum atomic E-state index is 11.7. The summed E-state index contributed by atoms with van der Waals surface area (Å²) in [5, 5.41) is 5.97. The molecule has 0 bridgehead atoms. The van der Waals surface area contributed by atoms with Crippen molar-refractivity contribution in [1.29, 1.82) is 0 Å². The van der Waals surface area contributed by atoms with Crippen LogP contribution in [0, 0.1) is 0 Å². The number of nitrogens with zero attached hydrogens (tertiary/aromatic N) is 2. The van der Waals surface area contributed by atoms with Gasteiger partial charge in [-0.05, 0) is 32.9 Å². The molecular formula is C15H20N4O. The molecule has 1 amide bonds. The van der Waals surface area contributed by atoms with Crippen molar-refractivity contribution in [3.63, 3.8) is 0 Å². The van der Waals surface area contributed by atoms with Gasteiger partial charge in [0.1, 0.15) is 0 Å². The first kappa shape index (κ1) is 14.4. The molecule has 1 aromatic heterocycles. The fraction of sp³-hybridized carbons (Fsp3) is 0.400. The lowest BCUT2D eigenvalue weighted by molar-refractivity contribution is -0.121. The highest BCUT2D eigenvalue weighted by Crippen LogP contribution is 2.08. The Bertz CT molecular complexity index is 604. The molecule has 106 valence electrons. The summed E-state index contributed by atoms with van der Waals surface area (Å²) in [6, 6.07) is 7.73. The van der Waals surface area contributed by atoms with Crippen LogP contribution in [-0.2, 0) is 11.3 Å². The number of amides is 1. The van der Waals surface area contributed by atoms with Gasteiger partial charge in [-0.1, -0.05) is 12.1 Å². The number of nitrogens with one attached hydrogen (secondary N) is 2. The number of fused-ring (bicyclic) bond motifs is 1. The van der Waals surface area contributed by atoms with Crippen molar-refractivity contribution in [3.8, 4) is 0 Å². The highest BCUT2D eigenvalue weighted by atomic mass is 16.2. The number of aromatic nitrogens is 2. The predicted octanol–water partition coefficient (Wildman–Crippen LogP) is 1.63. The molecule has 0 fully saturated rings. The SMILES string of the molecule is CC(C)(C)NC(=O)CNCc1cnc2ccccc2n1. The second-order valence-corrected chi connectivity index (χ2v) is 5.75. The first-order chi connectivity index (χ1) is 9.44. The third-order valence-electron chi connectivity index (χ3n) is 2.60. The average molecular weight is 272 g/mol. The van der Waals surface area contributed by atoms with Crippen molar-refractivity contribution in [1.82, 2.24) is 20.6 Å². The maximum Gasteiger partial charge on any atom is 0.234 e. The number of para-hydroxylation sites is 2. The summed E-state index contributed by atoms with van der Waals surface area (Å²) < 4.78 is 0. The molecule has 0 saturated heterocycles. The van der Waals surface area contributed by atoms with Crippen LogP contribution >= 0.6 is 0 Å². The van der Waals surface area contributed by atoms with E-state index in [2.05, 4.69) is 20.6 Å². The van der Waals surface area contributed by atoms with E-state index in [4.69, 9.17) is 0 Å². The molecule has 1 heterocycles. The van der Waals surface area contributed by atoms with Crippen LogP contribution in [-0.4, -0.2) is 28.0 Å². The summed E-state index contributed by atoms with van der Waals surface area (Å²) in [6.45, 7) is 6.67. The topological polar surface area (TPSA) is 66.9 Å². The van der Waals surface area contributed by atoms with Crippen molar-refractivity contribution in [2.45, 2.75) is 32.9 Å². The lowest BCUT2D eigenvalue weighted by Gasteiger charge is -2.20. The molecule has 0 aliphatic rings. The first-order valence-electron chi connectivity index (χ1n) is 6.66. The summed E-state index contributed by atoms with van der Waals surface area (Å²) in [5.41, 5.74) is 2.36. The predicted molar refractivity (Wildman–Crippen MR) is 79.1 cm³/mol. The monoisotopic (exact) mass is 272 g/mol. The van der Waals surface area contributed by atoms with E-state index in [1.165, 1.54) is 0 Å². The van der Waals surface area contributed by atoms with Gasteiger partial charge in [0.25, 0.3) is 0 Å². The van der Waals surface area contributed by atoms with Crippen LogP contribution in [0.4, 0.5) is 0 Å². The molecule has 2 rings (SSSR count). The zero-order chi connectivity index (χ0) is 14.6. The second-order valence-electron chi connectivity index (χ2n) is 5.75. The van der Waals surface area contributed by atoms with Gasteiger partial charge in [0.2, 0.25) is 5.91 Å². The minimum Gasteiger partial charge on any atom is -0.350 e. The lowest BCUT2D eigenvalue weighted by Crippen LogP contribution is -2.44. The standard InChI is InChI=1S/C15H20N4O/c1-15(2,3)19-14(20)10-16-8-11-9-17-12-6-4-5-7-13(12)18-11/h4-7,9,16H,8,10H2,1-3H3,(H,19,20). The zero-order valence-corrected chi connectivity index (χ0v) is 12.1. The number of rotatable bonds is 4. The summed E-state index contributed by atoms with van der Waals surface area (Å²) in [4.78, 5) is 20.5. The van der Waals surface area contributed by atoms with Gasteiger partial charge >= 0.3 is 0 Å². The number of benzene rings is 1. The van der Waals surface area contributed by atoms with Crippen molar-refractivity contribution in [2.75, 3.05) is 6.54 Å². The van der Waals surface area contributed by atoms with Crippen LogP contribution in [0.3, 0.4) is 0 Å². The molecule has 20 heavy (non-hydrogen) atoms. The molecule has 0 unspecified atom stereocenters. The largest absolute Gasteiger partial charge is 0.350 e. The summed E-state index contributed by atoms with van der Waals surface area (Å²) in [7, 11) is 0. The van der Waals surface area contributed by atoms with Crippen LogP contribution in [0.25, 0.3) is 11.0 Å². The van der Waals surface area contributed by atoms with Crippen molar-refractivity contribution in [3.05, 3.63) is 36.2 Å². The molecule has 0 spiro atoms. The molecule has 5 heteroatoms. The normalized spacial score (nSPS) is 11.6. The smallest absolute Gasteiger partial charge is 0.234 e. The van der Waals surface area contributed by atoms with Gasteiger partial charge in [-0.2, -0.15) is 0 Å². The van der Waals surface area contributed by atoms with E-state index in [1.54, 1.807) is 6.20 Å². The molecule has 0 atom stereocenters. The fourth-order valence-corrected chi connectivity index (χ4v) is 1.85. The Morgan fingerprint density at radius 1 is 1.20 bits per heavy atom. The van der Waals surface area contributed by atoms with Gasteiger partial charge in [-0.3, -0.25) is 9.78 Å². The Balaban J connectivity index is 1.88. The van der Waals surface area contributed by atoms with Crippen LogP contribution in [0.2, 0.25) is 0 Å². The minimum atomic E-state index is -0.207. The summed E-state index contributed by atoms with van der Waals surface area (Å²) >= 11 is 0. The highest BCUT2D eigenvalue weighted by Gasteiger charge is 2.12. The Morgan fingerprint density at radius 2 is 1.90 bits per heavy atom. The van der Waals surface area contributed by atoms with Gasteiger partial charge in [0.15, 0.2) is 0 Å². The summed E-state index contributed by atoms with van der Waals surface area (Å²) in [6.07, 6.45) is 1.73. The number of carbonyl (C=O) groups is 1. The Morgan fingerprint density at radius 3 is 2.60 bits per heavy atom. The van der Waals surface area contributed by atoms with Crippen molar-refractivity contribution in [2.24, 2.45) is 0 Å². The van der Waals surface area contributed by atoms with E-state index in [0.29, 0.717) is 6.54 Å². The molecule has 2 aromatic rings. The molecule has 0 saturated carbocycles. The summed E-state index contributed by atoms with van der Waals surface area (Å²) in [5.74, 6) is -0.0220. The first-order valence-corrected chi connectivity index (χ1v) is 6.66. The quantitative estimate of drug-likeness (QED) is 0.888. The Hall–Kier alpha value is -2.01. The van der Waals surface area contributed by atoms with Gasteiger partial charge in [-0.25, -0.2) is 4.98 Å². The average Bonchev–Trinajstić information content (AvgIpc) is 2.36. The van der Waals surface area contributed by atoms with E-state index >= 15 is 0 Å². The molecular weight excluding hydrogens is 252 g/mol. The van der Waals surface area contributed by atoms with Crippen LogP contribution in [0.5, 0.6) is 0 Å². The van der Waals surface area contributed by atoms with Crippen LogP contribution < -0.4 is 10.6 Å². The molecule has 1 aromatic carbocycles. The van der Waals surface area contributed by atoms with Crippen molar-refractivity contribution < 1.29 is 4.79 Å². The number of hydrogen-bond donors (Lipinski definition) is 2. The van der Waals surface area contributed by atoms with E-state index in [0.717, 1.165) is 16.7 Å². The van der Waals surface area contributed by atoms with Crippen LogP contribution in [0.15, 0.2) is 30.5 Å². The van der Waals surface area contributed by atoms with E-state index in [1.807, 2.05) is 45.0 Å². The van der Waals surface area contributed by atoms with E-state index in [-0.39, 0.29) is 18.0 Å². The van der Waals surface area contributed by atoms with E-state index < -0.39 is 0 Å². The zero-order valence-electron chi connectivity index (χ0n) is 12.1. The number of hydrogen-bond acceptors (Lipinski definition) is 4. The minimum absolute atomic E-state index is 0.0220. The third kappa shape index (κ3) is 4.28. The van der Waals surface area contributed by atoms with Crippen LogP contribution in [0.1, 0.15) is 26.5 Å². The Labute approximate surface area is 118 Å². The fourth-order valence-electron chi connectivity index (χ4n) is 1.85. The van der Waals surface area contributed by atoms with Gasteiger partial charge in [-0.15, -0.1) is 0 Å². The van der Waals surface area contributed by atoms with Gasteiger partial charge in [0, 0.05) is 12.1 Å². The van der Waals surface area contributed by atoms with Gasteiger partial charge < -0.3 is 10.6 Å². The highest BCUT2D eigenvalue weighted by molar-refractivity contribution is 5.78. The van der Waals surface area contributed by atoms with Gasteiger partial charge in [0.05, 0.1) is 29.5 Å². The molecule has 5 nitrogen and oxygen atoms in total. The molecule has 0 aliphatic carbocycles. The molecule has 0 aliphatic heterocycles. The third-order valence-corrected chi connectivity index (χ3v) is 2.60. The number of carbonyl (C=O) groups excluding carboxylic acids is 1. The maximum absolute atomic E-state index is 11.7.